The van der Waals surface area contributed by atoms with Gasteiger partial charge < -0.3 is 20.5 Å². The van der Waals surface area contributed by atoms with Gasteiger partial charge in [0.05, 0.1) is 13.2 Å². The maximum atomic E-state index is 5.63. The molecule has 0 saturated heterocycles. The Balaban J connectivity index is 2.16. The van der Waals surface area contributed by atoms with Crippen LogP contribution in [0.2, 0.25) is 0 Å². The SMILES string of the molecule is COCCOCCCNc1ncnc(N)c1Br. The zero-order chi connectivity index (χ0) is 12.5. The van der Waals surface area contributed by atoms with Crippen molar-refractivity contribution in [3.05, 3.63) is 10.8 Å². The number of rotatable bonds is 8. The second-order valence-electron chi connectivity index (χ2n) is 3.31. The van der Waals surface area contributed by atoms with Crippen molar-refractivity contribution in [2.24, 2.45) is 0 Å². The highest BCUT2D eigenvalue weighted by Crippen LogP contribution is 2.23. The molecule has 1 rings (SSSR count). The van der Waals surface area contributed by atoms with E-state index in [9.17, 15) is 0 Å². The Bertz CT molecular complexity index is 338. The van der Waals surface area contributed by atoms with E-state index in [1.807, 2.05) is 0 Å². The van der Waals surface area contributed by atoms with Gasteiger partial charge in [0.2, 0.25) is 0 Å². The van der Waals surface area contributed by atoms with Crippen molar-refractivity contribution in [2.75, 3.05) is 44.5 Å². The monoisotopic (exact) mass is 304 g/mol. The second-order valence-corrected chi connectivity index (χ2v) is 4.10. The molecule has 96 valence electrons. The van der Waals surface area contributed by atoms with E-state index in [1.54, 1.807) is 7.11 Å². The molecule has 0 bridgehead atoms. The molecule has 0 aliphatic rings. The van der Waals surface area contributed by atoms with E-state index in [0.29, 0.717) is 35.9 Å². The van der Waals surface area contributed by atoms with Crippen LogP contribution in [0.4, 0.5) is 11.6 Å². The normalized spacial score (nSPS) is 10.5. The Morgan fingerprint density at radius 1 is 1.35 bits per heavy atom. The highest BCUT2D eigenvalue weighted by molar-refractivity contribution is 9.10. The topological polar surface area (TPSA) is 82.3 Å². The average molecular weight is 305 g/mol. The minimum absolute atomic E-state index is 0.429. The number of aromatic nitrogens is 2. The number of hydrogen-bond acceptors (Lipinski definition) is 6. The molecule has 0 radical (unpaired) electrons. The highest BCUT2D eigenvalue weighted by Gasteiger charge is 2.04. The summed E-state index contributed by atoms with van der Waals surface area (Å²) in [6.45, 7) is 2.71. The van der Waals surface area contributed by atoms with Crippen molar-refractivity contribution >= 4 is 27.6 Å². The summed E-state index contributed by atoms with van der Waals surface area (Å²) in [7, 11) is 1.65. The van der Waals surface area contributed by atoms with Crippen molar-refractivity contribution in [2.45, 2.75) is 6.42 Å². The van der Waals surface area contributed by atoms with Crippen LogP contribution >= 0.6 is 15.9 Å². The molecular formula is C10H17BrN4O2. The summed E-state index contributed by atoms with van der Waals surface area (Å²) in [6.07, 6.45) is 2.32. The van der Waals surface area contributed by atoms with Gasteiger partial charge in [-0.25, -0.2) is 9.97 Å². The molecule has 0 spiro atoms. The third-order valence-electron chi connectivity index (χ3n) is 2.01. The maximum absolute atomic E-state index is 5.63. The number of nitrogens with zero attached hydrogens (tertiary/aromatic N) is 2. The van der Waals surface area contributed by atoms with E-state index in [2.05, 4.69) is 31.2 Å². The van der Waals surface area contributed by atoms with Crippen LogP contribution in [0.25, 0.3) is 0 Å². The summed E-state index contributed by atoms with van der Waals surface area (Å²) in [4.78, 5) is 7.94. The number of anilines is 2. The first-order valence-electron chi connectivity index (χ1n) is 5.32. The lowest BCUT2D eigenvalue weighted by atomic mass is 10.4. The van der Waals surface area contributed by atoms with Gasteiger partial charge in [0.1, 0.15) is 22.4 Å². The van der Waals surface area contributed by atoms with Gasteiger partial charge in [0, 0.05) is 20.3 Å². The van der Waals surface area contributed by atoms with Crippen LogP contribution in [-0.4, -0.2) is 43.4 Å². The molecule has 0 fully saturated rings. The Hall–Kier alpha value is -0.920. The summed E-state index contributed by atoms with van der Waals surface area (Å²) in [5.41, 5.74) is 5.63. The fourth-order valence-electron chi connectivity index (χ4n) is 1.13. The van der Waals surface area contributed by atoms with E-state index in [-0.39, 0.29) is 0 Å². The molecule has 1 heterocycles. The molecule has 0 aliphatic heterocycles. The number of nitrogens with one attached hydrogen (secondary N) is 1. The van der Waals surface area contributed by atoms with Crippen LogP contribution in [0.1, 0.15) is 6.42 Å². The Labute approximate surface area is 109 Å². The molecule has 1 aromatic heterocycles. The van der Waals surface area contributed by atoms with E-state index in [4.69, 9.17) is 15.2 Å². The van der Waals surface area contributed by atoms with Crippen molar-refractivity contribution < 1.29 is 9.47 Å². The molecule has 0 aromatic carbocycles. The van der Waals surface area contributed by atoms with Gasteiger partial charge in [-0.1, -0.05) is 0 Å². The third kappa shape index (κ3) is 5.29. The largest absolute Gasteiger partial charge is 0.383 e. The molecule has 0 unspecified atom stereocenters. The van der Waals surface area contributed by atoms with Gasteiger partial charge in [-0.2, -0.15) is 0 Å². The number of ether oxygens (including phenoxy) is 2. The molecule has 0 aliphatic carbocycles. The van der Waals surface area contributed by atoms with Crippen LogP contribution in [0.5, 0.6) is 0 Å². The van der Waals surface area contributed by atoms with Crippen LogP contribution in [0.15, 0.2) is 10.8 Å². The van der Waals surface area contributed by atoms with Gasteiger partial charge in [0.15, 0.2) is 0 Å². The molecular weight excluding hydrogens is 288 g/mol. The Kier molecular flexibility index (Phi) is 6.83. The predicted octanol–water partition coefficient (Wildman–Crippen LogP) is 1.29. The third-order valence-corrected chi connectivity index (χ3v) is 2.79. The standard InChI is InChI=1S/C10H17BrN4O2/c1-16-5-6-17-4-2-3-13-10-8(11)9(12)14-7-15-10/h7H,2-6H2,1H3,(H3,12,13,14,15). The quantitative estimate of drug-likeness (QED) is 0.704. The maximum Gasteiger partial charge on any atom is 0.145 e. The Morgan fingerprint density at radius 3 is 2.94 bits per heavy atom. The smallest absolute Gasteiger partial charge is 0.145 e. The molecule has 0 atom stereocenters. The van der Waals surface area contributed by atoms with Crippen molar-refractivity contribution in [1.29, 1.82) is 0 Å². The molecule has 0 amide bonds. The lowest BCUT2D eigenvalue weighted by Crippen LogP contribution is -2.10. The average Bonchev–Trinajstić information content (AvgIpc) is 2.33. The fourth-order valence-corrected chi connectivity index (χ4v) is 1.48. The summed E-state index contributed by atoms with van der Waals surface area (Å²) in [5.74, 6) is 1.13. The first kappa shape index (κ1) is 14.1. The number of halogens is 1. The summed E-state index contributed by atoms with van der Waals surface area (Å²) in [5, 5.41) is 3.16. The van der Waals surface area contributed by atoms with E-state index in [1.165, 1.54) is 6.33 Å². The molecule has 17 heavy (non-hydrogen) atoms. The van der Waals surface area contributed by atoms with Crippen LogP contribution in [-0.2, 0) is 9.47 Å². The van der Waals surface area contributed by atoms with Crippen LogP contribution in [0.3, 0.4) is 0 Å². The predicted molar refractivity (Wildman–Crippen MR) is 69.9 cm³/mol. The van der Waals surface area contributed by atoms with E-state index in [0.717, 1.165) is 13.0 Å². The number of nitrogen functional groups attached to an aromatic ring is 1. The molecule has 6 nitrogen and oxygen atoms in total. The first-order chi connectivity index (χ1) is 8.25. The van der Waals surface area contributed by atoms with Gasteiger partial charge in [0.25, 0.3) is 0 Å². The van der Waals surface area contributed by atoms with Crippen molar-refractivity contribution in [3.8, 4) is 0 Å². The molecule has 3 N–H and O–H groups in total. The summed E-state index contributed by atoms with van der Waals surface area (Å²) in [6, 6.07) is 0. The van der Waals surface area contributed by atoms with Gasteiger partial charge in [-0.15, -0.1) is 0 Å². The van der Waals surface area contributed by atoms with Crippen LogP contribution in [0, 0.1) is 0 Å². The van der Waals surface area contributed by atoms with Crippen LogP contribution < -0.4 is 11.1 Å². The second kappa shape index (κ2) is 8.21. The van der Waals surface area contributed by atoms with E-state index < -0.39 is 0 Å². The molecule has 0 saturated carbocycles. The van der Waals surface area contributed by atoms with Gasteiger partial charge in [-0.3, -0.25) is 0 Å². The van der Waals surface area contributed by atoms with Gasteiger partial charge >= 0.3 is 0 Å². The van der Waals surface area contributed by atoms with Crippen molar-refractivity contribution in [3.63, 3.8) is 0 Å². The summed E-state index contributed by atoms with van der Waals surface area (Å²) < 4.78 is 10.9. The number of methoxy groups -OCH3 is 1. The number of hydrogen-bond donors (Lipinski definition) is 2. The minimum atomic E-state index is 0.429. The Morgan fingerprint density at radius 2 is 2.18 bits per heavy atom. The van der Waals surface area contributed by atoms with Crippen molar-refractivity contribution in [1.82, 2.24) is 9.97 Å². The fraction of sp³-hybridized carbons (Fsp3) is 0.600. The minimum Gasteiger partial charge on any atom is -0.383 e. The van der Waals surface area contributed by atoms with Gasteiger partial charge in [-0.05, 0) is 22.4 Å². The zero-order valence-corrected chi connectivity index (χ0v) is 11.4. The lowest BCUT2D eigenvalue weighted by Gasteiger charge is -2.08. The highest BCUT2D eigenvalue weighted by atomic mass is 79.9. The lowest BCUT2D eigenvalue weighted by molar-refractivity contribution is 0.0705. The molecule has 7 heteroatoms. The zero-order valence-electron chi connectivity index (χ0n) is 9.78. The summed E-state index contributed by atoms with van der Waals surface area (Å²) >= 11 is 3.32. The first-order valence-corrected chi connectivity index (χ1v) is 6.11. The number of nitrogens with two attached hydrogens (primary N) is 1. The molecule has 1 aromatic rings. The van der Waals surface area contributed by atoms with E-state index >= 15 is 0 Å².